The maximum Gasteiger partial charge on any atom is 0.203 e. The minimum Gasteiger partial charge on any atom is -0.396 e. The third-order valence-corrected chi connectivity index (χ3v) is 2.94. The molecular weight excluding hydrogens is 166 g/mol. The molecule has 5 heteroatoms. The van der Waals surface area contributed by atoms with Gasteiger partial charge in [-0.1, -0.05) is 0 Å². The monoisotopic (exact) mass is 179 g/mol. The lowest BCUT2D eigenvalue weighted by Gasteiger charge is -2.25. The number of aliphatic hydroxyl groups is 1. The third kappa shape index (κ3) is 2.43. The predicted molar refractivity (Wildman–Crippen MR) is 41.7 cm³/mol. The Kier molecular flexibility index (Phi) is 3.29. The van der Waals surface area contributed by atoms with Gasteiger partial charge < -0.3 is 5.11 Å². The van der Waals surface area contributed by atoms with Gasteiger partial charge in [0.25, 0.3) is 0 Å². The first kappa shape index (κ1) is 8.96. The van der Waals surface area contributed by atoms with Crippen LogP contribution in [0.15, 0.2) is 0 Å². The Hall–Kier alpha value is -0.130. The fourth-order valence-corrected chi connectivity index (χ4v) is 1.82. The molecule has 0 spiro atoms. The van der Waals surface area contributed by atoms with Crippen molar-refractivity contribution >= 4 is 10.9 Å². The number of thiol groups is 1. The molecular formula is C6H13NO3S. The highest BCUT2D eigenvalue weighted by molar-refractivity contribution is 7.69. The zero-order valence-electron chi connectivity index (χ0n) is 6.27. The topological polar surface area (TPSA) is 57.6 Å². The van der Waals surface area contributed by atoms with E-state index in [1.165, 1.54) is 4.31 Å². The average Bonchev–Trinajstić information content (AvgIpc) is 2.05. The summed E-state index contributed by atoms with van der Waals surface area (Å²) < 4.78 is 22.3. The molecule has 0 bridgehead atoms. The largest absolute Gasteiger partial charge is 0.396 e. The van der Waals surface area contributed by atoms with Gasteiger partial charge in [0.2, 0.25) is 10.9 Å². The van der Waals surface area contributed by atoms with Gasteiger partial charge in [0.1, 0.15) is 0 Å². The molecule has 0 unspecified atom stereocenters. The van der Waals surface area contributed by atoms with Gasteiger partial charge in [0, 0.05) is 19.7 Å². The van der Waals surface area contributed by atoms with Gasteiger partial charge in [-0.25, -0.2) is 12.7 Å². The number of hydrogen-bond acceptors (Lipinski definition) is 3. The summed E-state index contributed by atoms with van der Waals surface area (Å²) in [5, 5.41) is 8.75. The molecule has 0 amide bonds. The molecule has 0 aliphatic carbocycles. The molecule has 1 N–H and O–H groups in total. The van der Waals surface area contributed by atoms with E-state index in [1.807, 2.05) is 0 Å². The van der Waals surface area contributed by atoms with Crippen LogP contribution < -0.4 is 0 Å². The molecule has 0 aromatic heterocycles. The first-order chi connectivity index (χ1) is 5.24. The van der Waals surface area contributed by atoms with Crippen molar-refractivity contribution in [1.82, 2.24) is 4.31 Å². The van der Waals surface area contributed by atoms with E-state index in [2.05, 4.69) is 0 Å². The second kappa shape index (κ2) is 4.04. The Morgan fingerprint density at radius 2 is 1.91 bits per heavy atom. The molecule has 0 atom stereocenters. The van der Waals surface area contributed by atoms with Crippen LogP contribution >= 0.6 is 0 Å². The van der Waals surface area contributed by atoms with Crippen LogP contribution in [0.3, 0.4) is 0 Å². The minimum absolute atomic E-state index is 0.184. The molecule has 0 saturated carbocycles. The lowest BCUT2D eigenvalue weighted by Crippen LogP contribution is -2.33. The van der Waals surface area contributed by atoms with E-state index >= 15 is 0 Å². The highest BCUT2D eigenvalue weighted by Crippen LogP contribution is 2.15. The van der Waals surface area contributed by atoms with Crippen molar-refractivity contribution in [1.29, 1.82) is 0 Å². The summed E-state index contributed by atoms with van der Waals surface area (Å²) in [4.78, 5) is 0. The predicted octanol–water partition coefficient (Wildman–Crippen LogP) is -0.783. The second-order valence-corrected chi connectivity index (χ2v) is 3.86. The molecule has 66 valence electrons. The fraction of sp³-hybridized carbons (Fsp3) is 1.00. The molecule has 4 nitrogen and oxygen atoms in total. The van der Waals surface area contributed by atoms with E-state index in [0.717, 1.165) is 12.8 Å². The lowest BCUT2D eigenvalue weighted by molar-refractivity contribution is 0.171. The zero-order chi connectivity index (χ0) is 8.27. The van der Waals surface area contributed by atoms with Crippen molar-refractivity contribution in [3.63, 3.8) is 0 Å². The molecule has 1 rings (SSSR count). The van der Waals surface area contributed by atoms with Crippen LogP contribution in [0.5, 0.6) is 0 Å². The SMILES string of the molecule is O=[SH](=O)N1CCC(CO)CC1. The number of nitrogens with zero attached hydrogens (tertiary/aromatic N) is 1. The first-order valence-corrected chi connectivity index (χ1v) is 4.87. The summed E-state index contributed by atoms with van der Waals surface area (Å²) in [6.07, 6.45) is 1.58. The Balaban J connectivity index is 2.36. The van der Waals surface area contributed by atoms with Gasteiger partial charge in [-0.15, -0.1) is 0 Å². The molecule has 1 aliphatic heterocycles. The van der Waals surface area contributed by atoms with Crippen molar-refractivity contribution in [2.75, 3.05) is 19.7 Å². The van der Waals surface area contributed by atoms with Gasteiger partial charge in [-0.05, 0) is 18.8 Å². The second-order valence-electron chi connectivity index (χ2n) is 2.82. The Morgan fingerprint density at radius 3 is 2.27 bits per heavy atom. The number of rotatable bonds is 2. The standard InChI is InChI=1S/C6H13NO3S/c8-5-6-1-3-7(4-2-6)11(9)10/h6,8,11H,1-5H2. The summed E-state index contributed by atoms with van der Waals surface area (Å²) in [7, 11) is -2.39. The highest BCUT2D eigenvalue weighted by Gasteiger charge is 2.19. The van der Waals surface area contributed by atoms with E-state index in [4.69, 9.17) is 5.11 Å². The Labute approximate surface area is 67.9 Å². The van der Waals surface area contributed by atoms with Crippen molar-refractivity contribution in [3.8, 4) is 0 Å². The summed E-state index contributed by atoms with van der Waals surface area (Å²) in [5.74, 6) is 0.307. The van der Waals surface area contributed by atoms with Crippen LogP contribution in [0, 0.1) is 5.92 Å². The van der Waals surface area contributed by atoms with Crippen LogP contribution in [-0.2, 0) is 10.9 Å². The van der Waals surface area contributed by atoms with E-state index < -0.39 is 10.9 Å². The molecule has 1 saturated heterocycles. The highest BCUT2D eigenvalue weighted by atomic mass is 32.2. The van der Waals surface area contributed by atoms with E-state index in [1.54, 1.807) is 0 Å². The summed E-state index contributed by atoms with van der Waals surface area (Å²) >= 11 is 0. The number of hydrogen-bond donors (Lipinski definition) is 2. The van der Waals surface area contributed by atoms with Crippen molar-refractivity contribution in [3.05, 3.63) is 0 Å². The van der Waals surface area contributed by atoms with Gasteiger partial charge in [-0.3, -0.25) is 0 Å². The van der Waals surface area contributed by atoms with Crippen molar-refractivity contribution in [2.45, 2.75) is 12.8 Å². The summed E-state index contributed by atoms with van der Waals surface area (Å²) in [6, 6.07) is 0. The van der Waals surface area contributed by atoms with Gasteiger partial charge in [0.05, 0.1) is 0 Å². The Morgan fingerprint density at radius 1 is 1.36 bits per heavy atom. The Bertz CT molecular complexity index is 176. The van der Waals surface area contributed by atoms with Gasteiger partial charge in [0.15, 0.2) is 0 Å². The van der Waals surface area contributed by atoms with Crippen LogP contribution in [0.25, 0.3) is 0 Å². The minimum atomic E-state index is -2.39. The maximum atomic E-state index is 10.4. The van der Waals surface area contributed by atoms with Crippen LogP contribution in [0.2, 0.25) is 0 Å². The maximum absolute atomic E-state index is 10.4. The van der Waals surface area contributed by atoms with E-state index in [-0.39, 0.29) is 6.61 Å². The van der Waals surface area contributed by atoms with E-state index in [9.17, 15) is 8.42 Å². The molecule has 0 aromatic rings. The quantitative estimate of drug-likeness (QED) is 0.547. The zero-order valence-corrected chi connectivity index (χ0v) is 7.17. The number of piperidine rings is 1. The van der Waals surface area contributed by atoms with E-state index in [0.29, 0.717) is 19.0 Å². The third-order valence-electron chi connectivity index (χ3n) is 2.08. The van der Waals surface area contributed by atoms with Gasteiger partial charge in [-0.2, -0.15) is 0 Å². The summed E-state index contributed by atoms with van der Waals surface area (Å²) in [5.41, 5.74) is 0. The van der Waals surface area contributed by atoms with Crippen LogP contribution in [-0.4, -0.2) is 37.5 Å². The fourth-order valence-electron chi connectivity index (χ4n) is 1.27. The lowest BCUT2D eigenvalue weighted by atomic mass is 10.00. The van der Waals surface area contributed by atoms with Crippen LogP contribution in [0.4, 0.5) is 0 Å². The molecule has 1 aliphatic rings. The van der Waals surface area contributed by atoms with Crippen LogP contribution in [0.1, 0.15) is 12.8 Å². The summed E-state index contributed by atoms with van der Waals surface area (Å²) in [6.45, 7) is 1.33. The van der Waals surface area contributed by atoms with Gasteiger partial charge >= 0.3 is 0 Å². The smallest absolute Gasteiger partial charge is 0.203 e. The molecule has 11 heavy (non-hydrogen) atoms. The number of aliphatic hydroxyl groups excluding tert-OH is 1. The van der Waals surface area contributed by atoms with Crippen molar-refractivity contribution < 1.29 is 13.5 Å². The molecule has 1 fully saturated rings. The molecule has 0 radical (unpaired) electrons. The molecule has 0 aromatic carbocycles. The first-order valence-electron chi connectivity index (χ1n) is 3.74. The molecule has 1 heterocycles. The van der Waals surface area contributed by atoms with Crippen molar-refractivity contribution in [2.24, 2.45) is 5.92 Å². The average molecular weight is 179 g/mol. The normalized spacial score (nSPS) is 22.7.